The number of carbonyl (C=O) groups is 1. The lowest BCUT2D eigenvalue weighted by Crippen LogP contribution is -2.57. The Kier molecular flexibility index (Phi) is 8.19. The van der Waals surface area contributed by atoms with Gasteiger partial charge in [-0.05, 0) is 49.0 Å². The second kappa shape index (κ2) is 11.9. The van der Waals surface area contributed by atoms with E-state index in [1.165, 1.54) is 0 Å². The zero-order valence-electron chi connectivity index (χ0n) is 21.9. The Morgan fingerprint density at radius 1 is 0.842 bits per heavy atom. The zero-order chi connectivity index (χ0) is 26.3. The van der Waals surface area contributed by atoms with Gasteiger partial charge in [0.2, 0.25) is 5.91 Å². The highest BCUT2D eigenvalue weighted by molar-refractivity contribution is 5.88. The lowest BCUT2D eigenvalue weighted by Gasteiger charge is -2.43. The minimum absolute atomic E-state index is 0.0743. The summed E-state index contributed by atoms with van der Waals surface area (Å²) in [6, 6.07) is 33.1. The average Bonchev–Trinajstić information content (AvgIpc) is 3.00. The van der Waals surface area contributed by atoms with Crippen molar-refractivity contribution in [2.75, 3.05) is 45.9 Å². The van der Waals surface area contributed by atoms with Gasteiger partial charge in [0.25, 0.3) is 0 Å². The minimum Gasteiger partial charge on any atom is -0.379 e. The average molecular weight is 509 g/mol. The number of ether oxygens (including phenoxy) is 1. The van der Waals surface area contributed by atoms with Gasteiger partial charge in [-0.15, -0.1) is 0 Å². The molecular formula is C32H36N4O2. The molecule has 0 aliphatic carbocycles. The van der Waals surface area contributed by atoms with Crippen LogP contribution in [0.3, 0.4) is 0 Å². The number of piperidine rings is 1. The molecule has 2 aliphatic heterocycles. The van der Waals surface area contributed by atoms with Crippen LogP contribution >= 0.6 is 0 Å². The maximum Gasteiger partial charge on any atom is 0.245 e. The summed E-state index contributed by atoms with van der Waals surface area (Å²) < 4.78 is 5.46. The summed E-state index contributed by atoms with van der Waals surface area (Å²) in [5, 5.41) is 12.5. The molecule has 5 rings (SSSR count). The summed E-state index contributed by atoms with van der Waals surface area (Å²) in [7, 11) is 0. The number of hydrazine groups is 1. The molecule has 2 fully saturated rings. The SMILES string of the molecule is N#CC(CCN1CCC(C(=O)NN2CCOCC2)(c2ccccc2)CC1)(c1ccccc1)c1ccccc1. The van der Waals surface area contributed by atoms with Crippen molar-refractivity contribution in [3.63, 3.8) is 0 Å². The van der Waals surface area contributed by atoms with E-state index in [9.17, 15) is 10.1 Å². The fourth-order valence-corrected chi connectivity index (χ4v) is 5.90. The summed E-state index contributed by atoms with van der Waals surface area (Å²) in [6.45, 7) is 5.07. The van der Waals surface area contributed by atoms with Crippen molar-refractivity contribution in [3.8, 4) is 6.07 Å². The summed E-state index contributed by atoms with van der Waals surface area (Å²) in [6.07, 6.45) is 2.17. The van der Waals surface area contributed by atoms with Crippen LogP contribution in [-0.4, -0.2) is 61.8 Å². The number of amides is 1. The van der Waals surface area contributed by atoms with Gasteiger partial charge in [0.15, 0.2) is 0 Å². The first-order valence-corrected chi connectivity index (χ1v) is 13.6. The highest BCUT2D eigenvalue weighted by atomic mass is 16.5. The third-order valence-electron chi connectivity index (χ3n) is 8.27. The number of hydrogen-bond donors (Lipinski definition) is 1. The van der Waals surface area contributed by atoms with Crippen molar-refractivity contribution in [2.24, 2.45) is 0 Å². The van der Waals surface area contributed by atoms with Crippen LogP contribution < -0.4 is 5.43 Å². The maximum atomic E-state index is 13.8. The number of morpholine rings is 1. The van der Waals surface area contributed by atoms with Crippen LogP contribution in [0.2, 0.25) is 0 Å². The van der Waals surface area contributed by atoms with E-state index in [2.05, 4.69) is 52.8 Å². The van der Waals surface area contributed by atoms with Gasteiger partial charge in [0.1, 0.15) is 5.41 Å². The fraction of sp³-hybridized carbons (Fsp3) is 0.375. The number of nitrogens with one attached hydrogen (secondary N) is 1. The maximum absolute atomic E-state index is 13.8. The Balaban J connectivity index is 1.33. The van der Waals surface area contributed by atoms with Crippen molar-refractivity contribution in [1.82, 2.24) is 15.3 Å². The standard InChI is InChI=1S/C32H36N4O2/c33-26-32(28-12-6-2-7-13-28,29-14-8-3-9-15-29)18-21-35-19-16-31(17-20-35,27-10-4-1-5-11-27)30(37)34-36-22-24-38-25-23-36/h1-15H,16-25H2,(H,34,37). The van der Waals surface area contributed by atoms with E-state index in [1.807, 2.05) is 59.6 Å². The van der Waals surface area contributed by atoms with Crippen LogP contribution in [0.1, 0.15) is 36.0 Å². The Morgan fingerprint density at radius 2 is 1.37 bits per heavy atom. The Morgan fingerprint density at radius 3 is 1.89 bits per heavy atom. The first kappa shape index (κ1) is 26.1. The smallest absolute Gasteiger partial charge is 0.245 e. The Hall–Kier alpha value is -3.50. The molecule has 0 atom stereocenters. The summed E-state index contributed by atoms with van der Waals surface area (Å²) >= 11 is 0. The quantitative estimate of drug-likeness (QED) is 0.492. The molecule has 1 N–H and O–H groups in total. The van der Waals surface area contributed by atoms with E-state index in [1.54, 1.807) is 0 Å². The summed E-state index contributed by atoms with van der Waals surface area (Å²) in [5.41, 5.74) is 5.04. The van der Waals surface area contributed by atoms with Crippen LogP contribution in [0.25, 0.3) is 0 Å². The molecule has 6 heteroatoms. The van der Waals surface area contributed by atoms with Gasteiger partial charge < -0.3 is 9.64 Å². The van der Waals surface area contributed by atoms with Gasteiger partial charge in [0, 0.05) is 19.6 Å². The largest absolute Gasteiger partial charge is 0.379 e. The van der Waals surface area contributed by atoms with E-state index >= 15 is 0 Å². The first-order valence-electron chi connectivity index (χ1n) is 13.6. The normalized spacial score (nSPS) is 18.4. The predicted molar refractivity (Wildman–Crippen MR) is 148 cm³/mol. The van der Waals surface area contributed by atoms with Gasteiger partial charge in [-0.25, -0.2) is 5.01 Å². The third kappa shape index (κ3) is 5.37. The highest BCUT2D eigenvalue weighted by Gasteiger charge is 2.44. The molecule has 1 amide bonds. The minimum atomic E-state index is -0.718. The molecular weight excluding hydrogens is 472 g/mol. The topological polar surface area (TPSA) is 68.6 Å². The van der Waals surface area contributed by atoms with Crippen molar-refractivity contribution >= 4 is 5.91 Å². The zero-order valence-corrected chi connectivity index (χ0v) is 21.9. The van der Waals surface area contributed by atoms with Gasteiger partial charge in [-0.2, -0.15) is 5.26 Å². The molecule has 3 aromatic carbocycles. The molecule has 0 spiro atoms. The van der Waals surface area contributed by atoms with Gasteiger partial charge in [-0.1, -0.05) is 91.0 Å². The monoisotopic (exact) mass is 508 g/mol. The van der Waals surface area contributed by atoms with Crippen molar-refractivity contribution < 1.29 is 9.53 Å². The fourth-order valence-electron chi connectivity index (χ4n) is 5.90. The van der Waals surface area contributed by atoms with Crippen molar-refractivity contribution in [1.29, 1.82) is 5.26 Å². The molecule has 2 aliphatic rings. The number of benzene rings is 3. The second-order valence-electron chi connectivity index (χ2n) is 10.3. The molecule has 3 aromatic rings. The number of rotatable bonds is 8. The van der Waals surface area contributed by atoms with Gasteiger partial charge in [0.05, 0.1) is 24.7 Å². The van der Waals surface area contributed by atoms with Crippen LogP contribution in [0.5, 0.6) is 0 Å². The number of nitrogens with zero attached hydrogens (tertiary/aromatic N) is 3. The number of likely N-dealkylation sites (tertiary alicyclic amines) is 1. The van der Waals surface area contributed by atoms with Crippen molar-refractivity contribution in [3.05, 3.63) is 108 Å². The number of carbonyl (C=O) groups excluding carboxylic acids is 1. The van der Waals surface area contributed by atoms with Crippen LogP contribution in [0.15, 0.2) is 91.0 Å². The van der Waals surface area contributed by atoms with E-state index in [0.717, 1.165) is 49.2 Å². The van der Waals surface area contributed by atoms with Gasteiger partial charge >= 0.3 is 0 Å². The molecule has 0 saturated carbocycles. The van der Waals surface area contributed by atoms with E-state index in [-0.39, 0.29) is 5.91 Å². The molecule has 0 bridgehead atoms. The third-order valence-corrected chi connectivity index (χ3v) is 8.27. The highest BCUT2D eigenvalue weighted by Crippen LogP contribution is 2.39. The molecule has 0 unspecified atom stereocenters. The second-order valence-corrected chi connectivity index (χ2v) is 10.3. The number of hydrogen-bond acceptors (Lipinski definition) is 5. The lowest BCUT2D eigenvalue weighted by molar-refractivity contribution is -0.135. The van der Waals surface area contributed by atoms with Crippen LogP contribution in [-0.2, 0) is 20.4 Å². The van der Waals surface area contributed by atoms with Crippen LogP contribution in [0, 0.1) is 11.3 Å². The first-order chi connectivity index (χ1) is 18.7. The molecule has 2 saturated heterocycles. The van der Waals surface area contributed by atoms with Crippen LogP contribution in [0.4, 0.5) is 0 Å². The molecule has 196 valence electrons. The number of nitriles is 1. The molecule has 0 aromatic heterocycles. The predicted octanol–water partition coefficient (Wildman–Crippen LogP) is 4.28. The lowest BCUT2D eigenvalue weighted by atomic mass is 9.71. The molecule has 6 nitrogen and oxygen atoms in total. The van der Waals surface area contributed by atoms with E-state index in [4.69, 9.17) is 4.74 Å². The van der Waals surface area contributed by atoms with E-state index < -0.39 is 10.8 Å². The van der Waals surface area contributed by atoms with Gasteiger partial charge in [-0.3, -0.25) is 10.2 Å². The Labute approximate surface area is 225 Å². The summed E-state index contributed by atoms with van der Waals surface area (Å²) in [5.74, 6) is 0.0743. The molecule has 0 radical (unpaired) electrons. The Bertz CT molecular complexity index is 1170. The molecule has 38 heavy (non-hydrogen) atoms. The molecule has 2 heterocycles. The van der Waals surface area contributed by atoms with Crippen molar-refractivity contribution in [2.45, 2.75) is 30.1 Å². The van der Waals surface area contributed by atoms with E-state index in [0.29, 0.717) is 32.7 Å². The summed E-state index contributed by atoms with van der Waals surface area (Å²) in [4.78, 5) is 16.2.